The van der Waals surface area contributed by atoms with Gasteiger partial charge in [0, 0.05) is 19.2 Å². The number of fused-ring (bicyclic) bond motifs is 1. The molecule has 18 heavy (non-hydrogen) atoms. The lowest BCUT2D eigenvalue weighted by atomic mass is 9.87. The third-order valence-electron chi connectivity index (χ3n) is 3.74. The molecule has 2 unspecified atom stereocenters. The van der Waals surface area contributed by atoms with Crippen molar-refractivity contribution in [1.82, 2.24) is 5.32 Å². The van der Waals surface area contributed by atoms with Gasteiger partial charge in [-0.1, -0.05) is 13.0 Å². The summed E-state index contributed by atoms with van der Waals surface area (Å²) in [5, 5.41) is 13.2. The normalized spacial score (nSPS) is 20.4. The number of hydrogen-bond acceptors (Lipinski definition) is 3. The topological polar surface area (TPSA) is 41.5 Å². The van der Waals surface area contributed by atoms with E-state index in [1.54, 1.807) is 13.2 Å². The smallest absolute Gasteiger partial charge is 0.115 e. The Hall–Kier alpha value is -1.06. The Morgan fingerprint density at radius 3 is 3.06 bits per heavy atom. The van der Waals surface area contributed by atoms with Gasteiger partial charge in [0.1, 0.15) is 5.75 Å². The highest BCUT2D eigenvalue weighted by molar-refractivity contribution is 5.38. The fourth-order valence-corrected chi connectivity index (χ4v) is 2.74. The number of rotatable bonds is 5. The predicted molar refractivity (Wildman–Crippen MR) is 72.9 cm³/mol. The van der Waals surface area contributed by atoms with E-state index in [4.69, 9.17) is 4.74 Å². The first-order chi connectivity index (χ1) is 8.74. The number of aromatic hydroxyl groups is 1. The molecule has 0 fully saturated rings. The van der Waals surface area contributed by atoms with E-state index in [1.807, 2.05) is 6.07 Å². The second kappa shape index (κ2) is 6.21. The van der Waals surface area contributed by atoms with E-state index >= 15 is 0 Å². The molecule has 0 spiro atoms. The Morgan fingerprint density at radius 2 is 2.33 bits per heavy atom. The first-order valence-corrected chi connectivity index (χ1v) is 6.81. The average Bonchev–Trinajstić information content (AvgIpc) is 2.38. The summed E-state index contributed by atoms with van der Waals surface area (Å²) in [5.74, 6) is 0.373. The Labute approximate surface area is 109 Å². The van der Waals surface area contributed by atoms with Crippen LogP contribution in [0.25, 0.3) is 0 Å². The number of phenols is 1. The molecule has 3 nitrogen and oxygen atoms in total. The van der Waals surface area contributed by atoms with Gasteiger partial charge >= 0.3 is 0 Å². The van der Waals surface area contributed by atoms with Crippen molar-refractivity contribution in [3.8, 4) is 5.75 Å². The minimum atomic E-state index is 0.373. The van der Waals surface area contributed by atoms with Crippen molar-refractivity contribution in [3.05, 3.63) is 29.3 Å². The van der Waals surface area contributed by atoms with Crippen molar-refractivity contribution in [2.45, 2.75) is 44.7 Å². The predicted octanol–water partition coefficient (Wildman–Crippen LogP) is 2.78. The van der Waals surface area contributed by atoms with E-state index in [-0.39, 0.29) is 0 Å². The van der Waals surface area contributed by atoms with Gasteiger partial charge in [-0.3, -0.25) is 0 Å². The van der Waals surface area contributed by atoms with Gasteiger partial charge < -0.3 is 15.2 Å². The molecule has 1 aromatic carbocycles. The number of benzene rings is 1. The Kier molecular flexibility index (Phi) is 4.61. The monoisotopic (exact) mass is 249 g/mol. The SMILES string of the molecule is CCC(COC)NC1CCCc2cc(O)ccc21. The summed E-state index contributed by atoms with van der Waals surface area (Å²) in [6.07, 6.45) is 4.48. The molecular formula is C15H23NO2. The number of phenolic OH excluding ortho intramolecular Hbond substituents is 1. The second-order valence-corrected chi connectivity index (χ2v) is 5.06. The highest BCUT2D eigenvalue weighted by Gasteiger charge is 2.22. The Balaban J connectivity index is 2.12. The Morgan fingerprint density at radius 1 is 1.50 bits per heavy atom. The van der Waals surface area contributed by atoms with Crippen molar-refractivity contribution in [1.29, 1.82) is 0 Å². The van der Waals surface area contributed by atoms with Crippen LogP contribution in [0.15, 0.2) is 18.2 Å². The van der Waals surface area contributed by atoms with Gasteiger partial charge in [-0.05, 0) is 48.9 Å². The largest absolute Gasteiger partial charge is 0.508 e. The fourth-order valence-electron chi connectivity index (χ4n) is 2.74. The molecule has 1 aliphatic carbocycles. The van der Waals surface area contributed by atoms with E-state index < -0.39 is 0 Å². The lowest BCUT2D eigenvalue weighted by Crippen LogP contribution is -2.37. The van der Waals surface area contributed by atoms with E-state index in [2.05, 4.69) is 18.3 Å². The second-order valence-electron chi connectivity index (χ2n) is 5.06. The molecule has 2 N–H and O–H groups in total. The van der Waals surface area contributed by atoms with Crippen LogP contribution in [0.3, 0.4) is 0 Å². The van der Waals surface area contributed by atoms with Gasteiger partial charge in [-0.2, -0.15) is 0 Å². The molecule has 0 radical (unpaired) electrons. The maximum absolute atomic E-state index is 9.55. The van der Waals surface area contributed by atoms with Crippen LogP contribution in [-0.4, -0.2) is 24.9 Å². The molecule has 1 aromatic rings. The summed E-state index contributed by atoms with van der Waals surface area (Å²) >= 11 is 0. The number of nitrogens with one attached hydrogen (secondary N) is 1. The van der Waals surface area contributed by atoms with E-state index in [0.717, 1.165) is 25.9 Å². The first-order valence-electron chi connectivity index (χ1n) is 6.81. The molecule has 0 aromatic heterocycles. The van der Waals surface area contributed by atoms with Gasteiger partial charge in [0.15, 0.2) is 0 Å². The van der Waals surface area contributed by atoms with Gasteiger partial charge in [0.05, 0.1) is 6.61 Å². The van der Waals surface area contributed by atoms with Gasteiger partial charge in [-0.15, -0.1) is 0 Å². The maximum atomic E-state index is 9.55. The highest BCUT2D eigenvalue weighted by Crippen LogP contribution is 2.32. The number of aryl methyl sites for hydroxylation is 1. The number of hydrogen-bond donors (Lipinski definition) is 2. The van der Waals surface area contributed by atoms with Crippen molar-refractivity contribution >= 4 is 0 Å². The first kappa shape index (κ1) is 13.4. The van der Waals surface area contributed by atoms with Gasteiger partial charge in [-0.25, -0.2) is 0 Å². The zero-order chi connectivity index (χ0) is 13.0. The summed E-state index contributed by atoms with van der Waals surface area (Å²) in [5.41, 5.74) is 2.62. The van der Waals surface area contributed by atoms with Crippen LogP contribution in [0.2, 0.25) is 0 Å². The lowest BCUT2D eigenvalue weighted by molar-refractivity contribution is 0.156. The minimum Gasteiger partial charge on any atom is -0.508 e. The molecule has 100 valence electrons. The molecule has 0 amide bonds. The third-order valence-corrected chi connectivity index (χ3v) is 3.74. The third kappa shape index (κ3) is 3.03. The summed E-state index contributed by atoms with van der Waals surface area (Å²) in [7, 11) is 1.75. The fraction of sp³-hybridized carbons (Fsp3) is 0.600. The maximum Gasteiger partial charge on any atom is 0.115 e. The molecule has 3 heteroatoms. The van der Waals surface area contributed by atoms with Crippen LogP contribution in [-0.2, 0) is 11.2 Å². The highest BCUT2D eigenvalue weighted by atomic mass is 16.5. The molecule has 0 bridgehead atoms. The van der Waals surface area contributed by atoms with Crippen LogP contribution >= 0.6 is 0 Å². The summed E-state index contributed by atoms with van der Waals surface area (Å²) in [4.78, 5) is 0. The molecule has 0 heterocycles. The lowest BCUT2D eigenvalue weighted by Gasteiger charge is -2.30. The molecule has 2 rings (SSSR count). The van der Waals surface area contributed by atoms with E-state index in [9.17, 15) is 5.11 Å². The van der Waals surface area contributed by atoms with Crippen LogP contribution in [0.4, 0.5) is 0 Å². The average molecular weight is 249 g/mol. The minimum absolute atomic E-state index is 0.373. The van der Waals surface area contributed by atoms with Crippen molar-refractivity contribution < 1.29 is 9.84 Å². The number of methoxy groups -OCH3 is 1. The summed E-state index contributed by atoms with van der Waals surface area (Å²) in [6, 6.07) is 6.55. The molecule has 1 aliphatic rings. The van der Waals surface area contributed by atoms with Gasteiger partial charge in [0.25, 0.3) is 0 Å². The molecule has 0 aliphatic heterocycles. The van der Waals surface area contributed by atoms with Crippen molar-refractivity contribution in [2.24, 2.45) is 0 Å². The molecule has 0 saturated carbocycles. The molecule has 2 atom stereocenters. The molecule has 0 saturated heterocycles. The standard InChI is InChI=1S/C15H23NO2/c1-3-12(10-18-2)16-15-6-4-5-11-9-13(17)7-8-14(11)15/h7-9,12,15-17H,3-6,10H2,1-2H3. The van der Waals surface area contributed by atoms with Gasteiger partial charge in [0.2, 0.25) is 0 Å². The van der Waals surface area contributed by atoms with E-state index in [0.29, 0.717) is 17.8 Å². The quantitative estimate of drug-likeness (QED) is 0.843. The van der Waals surface area contributed by atoms with Crippen LogP contribution < -0.4 is 5.32 Å². The zero-order valence-corrected chi connectivity index (χ0v) is 11.3. The van der Waals surface area contributed by atoms with Crippen LogP contribution in [0.1, 0.15) is 43.4 Å². The zero-order valence-electron chi connectivity index (χ0n) is 11.3. The van der Waals surface area contributed by atoms with E-state index in [1.165, 1.54) is 17.5 Å². The summed E-state index contributed by atoms with van der Waals surface area (Å²) < 4.78 is 5.24. The van der Waals surface area contributed by atoms with Crippen molar-refractivity contribution in [3.63, 3.8) is 0 Å². The Bertz CT molecular complexity index is 392. The van der Waals surface area contributed by atoms with Crippen LogP contribution in [0.5, 0.6) is 5.75 Å². The summed E-state index contributed by atoms with van der Waals surface area (Å²) in [6.45, 7) is 2.93. The van der Waals surface area contributed by atoms with Crippen LogP contribution in [0, 0.1) is 0 Å². The van der Waals surface area contributed by atoms with Crippen molar-refractivity contribution in [2.75, 3.05) is 13.7 Å². The number of ether oxygens (including phenoxy) is 1. The molecular weight excluding hydrogens is 226 g/mol.